The number of nitrogens with zero attached hydrogens (tertiary/aromatic N) is 1. The zero-order valence-electron chi connectivity index (χ0n) is 16.3. The Morgan fingerprint density at radius 2 is 1.73 bits per heavy atom. The van der Waals surface area contributed by atoms with Crippen molar-refractivity contribution in [3.05, 3.63) is 53.1 Å². The van der Waals surface area contributed by atoms with Crippen molar-refractivity contribution in [2.24, 2.45) is 0 Å². The number of fused-ring (bicyclic) bond motifs is 1. The summed E-state index contributed by atoms with van der Waals surface area (Å²) >= 11 is 5.81. The number of nitrogens with one attached hydrogen (secondary N) is 1. The second-order valence-electron chi connectivity index (χ2n) is 7.45. The van der Waals surface area contributed by atoms with Crippen LogP contribution in [0, 0.1) is 0 Å². The molecule has 1 aliphatic heterocycles. The molecule has 4 heteroatoms. The first-order valence-electron chi connectivity index (χ1n) is 9.30. The second-order valence-corrected chi connectivity index (χ2v) is 7.83. The number of hydrogen-bond acceptors (Lipinski definition) is 2. The Bertz CT molecular complexity index is 788. The third-order valence-electron chi connectivity index (χ3n) is 5.03. The number of ether oxygens (including phenoxy) is 1. The summed E-state index contributed by atoms with van der Waals surface area (Å²) in [5, 5.41) is 4.35. The Hall–Kier alpha value is -2.07. The molecule has 0 radical (unpaired) electrons. The third-order valence-corrected chi connectivity index (χ3v) is 5.35. The maximum atomic E-state index is 5.81. The Labute approximate surface area is 162 Å². The highest BCUT2D eigenvalue weighted by atomic mass is 32.1. The molecule has 0 spiro atoms. The first-order chi connectivity index (χ1) is 12.4. The molecule has 0 aromatic heterocycles. The monoisotopic (exact) mass is 368 g/mol. The van der Waals surface area contributed by atoms with E-state index in [1.807, 2.05) is 6.07 Å². The second kappa shape index (κ2) is 7.67. The van der Waals surface area contributed by atoms with Gasteiger partial charge in [-0.25, -0.2) is 0 Å². The largest absolute Gasteiger partial charge is 0.497 e. The lowest BCUT2D eigenvalue weighted by Crippen LogP contribution is -2.33. The standard InChI is InChI=1S/C22H28N2OS/c1-14(2)18-7-6-8-19(15(3)4)21(18)23-22(26)24-12-11-16-13-17(25-5)9-10-20(16)24/h6-10,13-15H,11-12H2,1-5H3,(H,23,26). The van der Waals surface area contributed by atoms with E-state index in [9.17, 15) is 0 Å². The summed E-state index contributed by atoms with van der Waals surface area (Å²) in [5.41, 5.74) is 6.26. The Balaban J connectivity index is 1.91. The van der Waals surface area contributed by atoms with Crippen LogP contribution in [0.2, 0.25) is 0 Å². The van der Waals surface area contributed by atoms with E-state index in [0.717, 1.165) is 23.8 Å². The van der Waals surface area contributed by atoms with Gasteiger partial charge in [-0.05, 0) is 65.4 Å². The van der Waals surface area contributed by atoms with Crippen molar-refractivity contribution in [3.63, 3.8) is 0 Å². The van der Waals surface area contributed by atoms with Crippen LogP contribution in [0.5, 0.6) is 5.75 Å². The van der Waals surface area contributed by atoms with Crippen molar-refractivity contribution in [1.29, 1.82) is 0 Å². The van der Waals surface area contributed by atoms with Gasteiger partial charge in [0.05, 0.1) is 7.11 Å². The molecule has 0 saturated heterocycles. The maximum Gasteiger partial charge on any atom is 0.177 e. The average molecular weight is 369 g/mol. The van der Waals surface area contributed by atoms with E-state index >= 15 is 0 Å². The maximum absolute atomic E-state index is 5.81. The molecule has 0 bridgehead atoms. The van der Waals surface area contributed by atoms with Crippen molar-refractivity contribution in [1.82, 2.24) is 0 Å². The van der Waals surface area contributed by atoms with Crippen LogP contribution < -0.4 is 15.0 Å². The quantitative estimate of drug-likeness (QED) is 0.700. The van der Waals surface area contributed by atoms with E-state index in [0.29, 0.717) is 11.8 Å². The lowest BCUT2D eigenvalue weighted by Gasteiger charge is -2.26. The molecule has 3 rings (SSSR count). The Kier molecular flexibility index (Phi) is 5.52. The molecule has 2 aromatic rings. The van der Waals surface area contributed by atoms with Gasteiger partial charge >= 0.3 is 0 Å². The van der Waals surface area contributed by atoms with Gasteiger partial charge in [-0.15, -0.1) is 0 Å². The number of para-hydroxylation sites is 1. The summed E-state index contributed by atoms with van der Waals surface area (Å²) < 4.78 is 5.35. The van der Waals surface area contributed by atoms with E-state index in [2.05, 4.69) is 68.2 Å². The fourth-order valence-electron chi connectivity index (χ4n) is 3.59. The van der Waals surface area contributed by atoms with E-state index in [1.54, 1.807) is 7.11 Å². The molecule has 0 aliphatic carbocycles. The molecule has 0 atom stereocenters. The van der Waals surface area contributed by atoms with Gasteiger partial charge < -0.3 is 15.0 Å². The molecule has 0 unspecified atom stereocenters. The summed E-state index contributed by atoms with van der Waals surface area (Å²) in [6.45, 7) is 9.81. The zero-order chi connectivity index (χ0) is 18.8. The fourth-order valence-corrected chi connectivity index (χ4v) is 3.88. The average Bonchev–Trinajstić information content (AvgIpc) is 3.04. The molecule has 0 fully saturated rings. The third kappa shape index (κ3) is 3.56. The first-order valence-corrected chi connectivity index (χ1v) is 9.71. The van der Waals surface area contributed by atoms with Gasteiger partial charge in [0, 0.05) is 17.9 Å². The predicted octanol–water partition coefficient (Wildman–Crippen LogP) is 5.70. The smallest absolute Gasteiger partial charge is 0.177 e. The van der Waals surface area contributed by atoms with E-state index in [-0.39, 0.29) is 0 Å². The van der Waals surface area contributed by atoms with Crippen molar-refractivity contribution >= 4 is 28.7 Å². The van der Waals surface area contributed by atoms with E-state index in [4.69, 9.17) is 17.0 Å². The Morgan fingerprint density at radius 1 is 1.08 bits per heavy atom. The molecule has 26 heavy (non-hydrogen) atoms. The lowest BCUT2D eigenvalue weighted by atomic mass is 9.93. The lowest BCUT2D eigenvalue weighted by molar-refractivity contribution is 0.414. The molecule has 0 saturated carbocycles. The molecular weight excluding hydrogens is 340 g/mol. The Morgan fingerprint density at radius 3 is 2.31 bits per heavy atom. The molecule has 0 amide bonds. The summed E-state index contributed by atoms with van der Waals surface area (Å²) in [6, 6.07) is 12.8. The van der Waals surface area contributed by atoms with Crippen LogP contribution in [-0.4, -0.2) is 18.8 Å². The fraction of sp³-hybridized carbons (Fsp3) is 0.409. The number of rotatable bonds is 4. The van der Waals surface area contributed by atoms with Gasteiger partial charge in [0.2, 0.25) is 0 Å². The topological polar surface area (TPSA) is 24.5 Å². The van der Waals surface area contributed by atoms with Crippen LogP contribution in [0.15, 0.2) is 36.4 Å². The summed E-state index contributed by atoms with van der Waals surface area (Å²) in [7, 11) is 1.71. The highest BCUT2D eigenvalue weighted by Gasteiger charge is 2.24. The number of hydrogen-bond donors (Lipinski definition) is 1. The van der Waals surface area contributed by atoms with Crippen molar-refractivity contribution in [2.45, 2.75) is 46.0 Å². The van der Waals surface area contributed by atoms with Gasteiger partial charge in [-0.1, -0.05) is 45.9 Å². The zero-order valence-corrected chi connectivity index (χ0v) is 17.1. The molecule has 1 heterocycles. The van der Waals surface area contributed by atoms with Gasteiger partial charge in [0.1, 0.15) is 5.75 Å². The molecule has 138 valence electrons. The number of methoxy groups -OCH3 is 1. The molecule has 1 N–H and O–H groups in total. The van der Waals surface area contributed by atoms with Crippen molar-refractivity contribution in [3.8, 4) is 5.75 Å². The van der Waals surface area contributed by atoms with Crippen LogP contribution in [0.3, 0.4) is 0 Å². The van der Waals surface area contributed by atoms with Gasteiger partial charge in [-0.2, -0.15) is 0 Å². The molecule has 3 nitrogen and oxygen atoms in total. The van der Waals surface area contributed by atoms with Gasteiger partial charge in [0.25, 0.3) is 0 Å². The van der Waals surface area contributed by atoms with E-state index in [1.165, 1.54) is 28.1 Å². The SMILES string of the molecule is COc1ccc2c(c1)CCN2C(=S)Nc1c(C(C)C)cccc1C(C)C. The summed E-state index contributed by atoms with van der Waals surface area (Å²) in [6.07, 6.45) is 0.983. The van der Waals surface area contributed by atoms with Crippen LogP contribution in [-0.2, 0) is 6.42 Å². The predicted molar refractivity (Wildman–Crippen MR) is 115 cm³/mol. The first kappa shape index (κ1) is 18.7. The summed E-state index contributed by atoms with van der Waals surface area (Å²) in [5.74, 6) is 1.78. The number of benzene rings is 2. The normalized spacial score (nSPS) is 13.3. The van der Waals surface area contributed by atoms with Crippen LogP contribution >= 0.6 is 12.2 Å². The van der Waals surface area contributed by atoms with Crippen molar-refractivity contribution in [2.75, 3.05) is 23.9 Å². The highest BCUT2D eigenvalue weighted by Crippen LogP contribution is 2.35. The molecular formula is C22H28N2OS. The van der Waals surface area contributed by atoms with Crippen LogP contribution in [0.1, 0.15) is 56.2 Å². The molecule has 1 aliphatic rings. The highest BCUT2D eigenvalue weighted by molar-refractivity contribution is 7.80. The minimum atomic E-state index is 0.439. The van der Waals surface area contributed by atoms with Crippen molar-refractivity contribution < 1.29 is 4.74 Å². The summed E-state index contributed by atoms with van der Waals surface area (Å²) in [4.78, 5) is 2.20. The number of thiocarbonyl (C=S) groups is 1. The van der Waals surface area contributed by atoms with E-state index < -0.39 is 0 Å². The number of anilines is 2. The van der Waals surface area contributed by atoms with Crippen LogP contribution in [0.4, 0.5) is 11.4 Å². The minimum Gasteiger partial charge on any atom is -0.497 e. The van der Waals surface area contributed by atoms with Gasteiger partial charge in [0.15, 0.2) is 5.11 Å². The molecule has 2 aromatic carbocycles. The minimum absolute atomic E-state index is 0.439. The van der Waals surface area contributed by atoms with Crippen LogP contribution in [0.25, 0.3) is 0 Å². The van der Waals surface area contributed by atoms with Gasteiger partial charge in [-0.3, -0.25) is 0 Å².